The third-order valence-corrected chi connectivity index (χ3v) is 2.60. The van der Waals surface area contributed by atoms with Crippen molar-refractivity contribution < 1.29 is 29.0 Å². The van der Waals surface area contributed by atoms with Crippen LogP contribution < -0.4 is 0 Å². The minimum absolute atomic E-state index is 0.0701. The second-order valence-corrected chi connectivity index (χ2v) is 4.28. The van der Waals surface area contributed by atoms with E-state index in [1.54, 1.807) is 6.92 Å². The number of ether oxygens (including phenoxy) is 1. The predicted octanol–water partition coefficient (Wildman–Crippen LogP) is -0.723. The Morgan fingerprint density at radius 1 is 1.30 bits per heavy atom. The molecule has 0 saturated carbocycles. The normalized spacial score (nSPS) is 16.6. The van der Waals surface area contributed by atoms with E-state index in [9.17, 15) is 24.3 Å². The molecule has 4 amide bonds. The van der Waals surface area contributed by atoms with Gasteiger partial charge in [0.05, 0.1) is 6.54 Å². The Morgan fingerprint density at radius 2 is 1.85 bits per heavy atom. The number of urea groups is 1. The summed E-state index contributed by atoms with van der Waals surface area (Å²) in [7, 11) is 0. The van der Waals surface area contributed by atoms with Crippen molar-refractivity contribution in [3.05, 3.63) is 12.2 Å². The van der Waals surface area contributed by atoms with Crippen LogP contribution in [0.4, 0.5) is 4.79 Å². The van der Waals surface area contributed by atoms with Crippen molar-refractivity contribution in [1.29, 1.82) is 0 Å². The van der Waals surface area contributed by atoms with Crippen LogP contribution in [0.25, 0.3) is 0 Å². The minimum atomic E-state index is -1.27. The summed E-state index contributed by atoms with van der Waals surface area (Å²) in [5.41, 5.74) is 0.165. The molecule has 110 valence electrons. The van der Waals surface area contributed by atoms with Gasteiger partial charge in [0.15, 0.2) is 0 Å². The first kappa shape index (κ1) is 15.8. The highest BCUT2D eigenvalue weighted by molar-refractivity contribution is 6.44. The van der Waals surface area contributed by atoms with E-state index in [0.717, 1.165) is 4.90 Å². The molecule has 1 unspecified atom stereocenters. The van der Waals surface area contributed by atoms with Gasteiger partial charge >= 0.3 is 23.8 Å². The van der Waals surface area contributed by atoms with Gasteiger partial charge in [-0.05, 0) is 13.8 Å². The number of β-amino-alcohol motifs (C(OH)–C–C–N with tert-alkyl or cyclic N) is 1. The number of likely N-dealkylation sites (N-methyl/N-ethyl adjacent to an activating group) is 1. The van der Waals surface area contributed by atoms with Gasteiger partial charge in [0, 0.05) is 12.1 Å². The Kier molecular flexibility index (Phi) is 4.98. The summed E-state index contributed by atoms with van der Waals surface area (Å²) in [5, 5.41) is 9.64. The first-order valence-corrected chi connectivity index (χ1v) is 5.97. The molecule has 1 rings (SSSR count). The lowest BCUT2D eigenvalue weighted by Crippen LogP contribution is -2.40. The van der Waals surface area contributed by atoms with Crippen molar-refractivity contribution in [3.8, 4) is 0 Å². The zero-order valence-corrected chi connectivity index (χ0v) is 11.3. The monoisotopic (exact) mass is 284 g/mol. The Hall–Kier alpha value is -2.22. The molecule has 0 spiro atoms. The summed E-state index contributed by atoms with van der Waals surface area (Å²) in [6, 6.07) is -0.784. The minimum Gasteiger partial charge on any atom is -0.460 e. The standard InChI is InChI=1S/C12H16N2O6/c1-4-13-9(16)10(17)14(12(13)19)5-8(15)6-20-11(18)7(2)3/h8,15H,2,4-6H2,1,3H3. The molecule has 0 aromatic rings. The van der Waals surface area contributed by atoms with Gasteiger partial charge in [0.1, 0.15) is 12.7 Å². The van der Waals surface area contributed by atoms with Crippen molar-refractivity contribution in [3.63, 3.8) is 0 Å². The number of hydrogen-bond donors (Lipinski definition) is 1. The topological polar surface area (TPSA) is 104 Å². The Morgan fingerprint density at radius 3 is 2.30 bits per heavy atom. The van der Waals surface area contributed by atoms with Gasteiger partial charge in [-0.15, -0.1) is 0 Å². The molecule has 0 radical (unpaired) electrons. The Balaban J connectivity index is 2.58. The first-order valence-electron chi connectivity index (χ1n) is 5.97. The van der Waals surface area contributed by atoms with E-state index >= 15 is 0 Å². The fourth-order valence-electron chi connectivity index (χ4n) is 1.55. The summed E-state index contributed by atoms with van der Waals surface area (Å²) in [5.74, 6) is -2.61. The zero-order chi connectivity index (χ0) is 15.4. The van der Waals surface area contributed by atoms with Crippen LogP contribution in [0.5, 0.6) is 0 Å². The van der Waals surface area contributed by atoms with E-state index in [4.69, 9.17) is 0 Å². The number of aliphatic hydroxyl groups excluding tert-OH is 1. The molecule has 1 aliphatic rings. The molecule has 1 N–H and O–H groups in total. The van der Waals surface area contributed by atoms with Crippen molar-refractivity contribution in [2.45, 2.75) is 20.0 Å². The molecule has 1 atom stereocenters. The van der Waals surface area contributed by atoms with Crippen LogP contribution in [0.15, 0.2) is 12.2 Å². The van der Waals surface area contributed by atoms with Crippen molar-refractivity contribution >= 4 is 23.8 Å². The average molecular weight is 284 g/mol. The highest BCUT2D eigenvalue weighted by Crippen LogP contribution is 2.12. The number of aliphatic hydroxyl groups is 1. The zero-order valence-electron chi connectivity index (χ0n) is 11.3. The van der Waals surface area contributed by atoms with Gasteiger partial charge in [-0.3, -0.25) is 19.4 Å². The van der Waals surface area contributed by atoms with Gasteiger partial charge in [-0.25, -0.2) is 9.59 Å². The van der Waals surface area contributed by atoms with Gasteiger partial charge < -0.3 is 9.84 Å². The Bertz CT molecular complexity index is 473. The molecule has 0 aromatic heterocycles. The molecule has 0 aliphatic carbocycles. The van der Waals surface area contributed by atoms with E-state index in [-0.39, 0.29) is 12.1 Å². The van der Waals surface area contributed by atoms with E-state index in [1.807, 2.05) is 0 Å². The molecule has 0 bridgehead atoms. The van der Waals surface area contributed by atoms with Crippen molar-refractivity contribution in [2.24, 2.45) is 0 Å². The molecule has 20 heavy (non-hydrogen) atoms. The smallest absolute Gasteiger partial charge is 0.334 e. The van der Waals surface area contributed by atoms with Crippen molar-refractivity contribution in [1.82, 2.24) is 9.80 Å². The molecule has 8 heteroatoms. The van der Waals surface area contributed by atoms with Crippen LogP contribution >= 0.6 is 0 Å². The molecule has 1 fully saturated rings. The third kappa shape index (κ3) is 3.21. The number of carbonyl (C=O) groups is 4. The predicted molar refractivity (Wildman–Crippen MR) is 66.3 cm³/mol. The fraction of sp³-hybridized carbons (Fsp3) is 0.500. The number of rotatable bonds is 6. The summed E-state index contributed by atoms with van der Waals surface area (Å²) in [6.45, 7) is 5.62. The highest BCUT2D eigenvalue weighted by atomic mass is 16.5. The number of hydrogen-bond acceptors (Lipinski definition) is 6. The molecular weight excluding hydrogens is 268 g/mol. The molecule has 0 aromatic carbocycles. The maximum Gasteiger partial charge on any atom is 0.334 e. The third-order valence-electron chi connectivity index (χ3n) is 2.60. The molecular formula is C12H16N2O6. The van der Waals surface area contributed by atoms with E-state index in [0.29, 0.717) is 4.90 Å². The molecule has 1 saturated heterocycles. The molecule has 1 aliphatic heterocycles. The van der Waals surface area contributed by atoms with Gasteiger partial charge in [0.2, 0.25) is 0 Å². The van der Waals surface area contributed by atoms with Crippen LogP contribution in [0.3, 0.4) is 0 Å². The summed E-state index contributed by atoms with van der Waals surface area (Å²) < 4.78 is 4.69. The number of esters is 1. The van der Waals surface area contributed by atoms with Gasteiger partial charge in [-0.2, -0.15) is 0 Å². The molecule has 1 heterocycles. The lowest BCUT2D eigenvalue weighted by Gasteiger charge is -2.18. The van der Waals surface area contributed by atoms with Crippen LogP contribution in [0.2, 0.25) is 0 Å². The van der Waals surface area contributed by atoms with E-state index in [1.165, 1.54) is 6.92 Å². The second kappa shape index (κ2) is 6.29. The largest absolute Gasteiger partial charge is 0.460 e. The van der Waals surface area contributed by atoms with Gasteiger partial charge in [-0.1, -0.05) is 6.58 Å². The maximum atomic E-state index is 11.7. The fourth-order valence-corrected chi connectivity index (χ4v) is 1.55. The summed E-state index contributed by atoms with van der Waals surface area (Å²) >= 11 is 0. The first-order chi connectivity index (χ1) is 9.29. The SMILES string of the molecule is C=C(C)C(=O)OCC(O)CN1C(=O)C(=O)N(CC)C1=O. The maximum absolute atomic E-state index is 11.7. The Labute approximate surface area is 115 Å². The average Bonchev–Trinajstić information content (AvgIpc) is 2.59. The van der Waals surface area contributed by atoms with E-state index < -0.39 is 43.1 Å². The lowest BCUT2D eigenvalue weighted by atomic mass is 10.3. The quantitative estimate of drug-likeness (QED) is 0.299. The number of nitrogens with zero attached hydrogens (tertiary/aromatic N) is 2. The summed E-state index contributed by atoms with van der Waals surface area (Å²) in [4.78, 5) is 47.2. The van der Waals surface area contributed by atoms with E-state index in [2.05, 4.69) is 11.3 Å². The lowest BCUT2D eigenvalue weighted by molar-refractivity contribution is -0.145. The van der Waals surface area contributed by atoms with Gasteiger partial charge in [0.25, 0.3) is 0 Å². The number of amides is 4. The van der Waals surface area contributed by atoms with Crippen LogP contribution in [-0.2, 0) is 19.1 Å². The second-order valence-electron chi connectivity index (χ2n) is 4.28. The van der Waals surface area contributed by atoms with Crippen LogP contribution in [-0.4, -0.2) is 64.5 Å². The van der Waals surface area contributed by atoms with Crippen LogP contribution in [0, 0.1) is 0 Å². The molecule has 8 nitrogen and oxygen atoms in total. The number of imide groups is 2. The summed E-state index contributed by atoms with van der Waals surface area (Å²) in [6.07, 6.45) is -1.27. The van der Waals surface area contributed by atoms with Crippen molar-refractivity contribution in [2.75, 3.05) is 19.7 Å². The highest BCUT2D eigenvalue weighted by Gasteiger charge is 2.44. The number of carbonyl (C=O) groups excluding carboxylic acids is 4. The van der Waals surface area contributed by atoms with Crippen LogP contribution in [0.1, 0.15) is 13.8 Å².